The lowest BCUT2D eigenvalue weighted by molar-refractivity contribution is -0.144. The number of benzene rings is 1. The molecule has 0 spiro atoms. The third-order valence-electron chi connectivity index (χ3n) is 5.16. The van der Waals surface area contributed by atoms with Gasteiger partial charge in [0.1, 0.15) is 5.69 Å². The van der Waals surface area contributed by atoms with E-state index in [1.807, 2.05) is 4.98 Å². The molecule has 0 saturated heterocycles. The minimum absolute atomic E-state index is 0.190. The predicted octanol–water partition coefficient (Wildman–Crippen LogP) is 5.27. The van der Waals surface area contributed by atoms with Gasteiger partial charge in [0.05, 0.1) is 28.4 Å². The second-order valence-electron chi connectivity index (χ2n) is 7.56. The molecule has 0 aliphatic rings. The summed E-state index contributed by atoms with van der Waals surface area (Å²) in [5, 5.41) is 14.6. The molecule has 1 atom stereocenters. The monoisotopic (exact) mass is 537 g/mol. The van der Waals surface area contributed by atoms with Gasteiger partial charge in [-0.05, 0) is 30.3 Å². The van der Waals surface area contributed by atoms with E-state index in [1.54, 1.807) is 0 Å². The Labute approximate surface area is 199 Å². The fraction of sp³-hybridized carbons (Fsp3) is 0.190. The highest BCUT2D eigenvalue weighted by atomic mass is 19.4. The third-order valence-corrected chi connectivity index (χ3v) is 5.16. The van der Waals surface area contributed by atoms with Crippen LogP contribution < -0.4 is 10.9 Å². The van der Waals surface area contributed by atoms with Crippen molar-refractivity contribution in [3.05, 3.63) is 81.8 Å². The molecule has 3 heterocycles. The number of hydrogen-bond donors (Lipinski definition) is 3. The van der Waals surface area contributed by atoms with Crippen molar-refractivity contribution in [1.82, 2.24) is 19.7 Å². The van der Waals surface area contributed by atoms with Crippen molar-refractivity contribution in [3.63, 3.8) is 0 Å². The fourth-order valence-corrected chi connectivity index (χ4v) is 3.65. The van der Waals surface area contributed by atoms with Crippen molar-refractivity contribution in [2.75, 3.05) is 5.32 Å². The second kappa shape index (κ2) is 8.79. The highest BCUT2D eigenvalue weighted by molar-refractivity contribution is 5.92. The van der Waals surface area contributed by atoms with E-state index < -0.39 is 75.0 Å². The average molecular weight is 537 g/mol. The Morgan fingerprint density at radius 1 is 0.946 bits per heavy atom. The van der Waals surface area contributed by atoms with Crippen molar-refractivity contribution in [3.8, 4) is 5.69 Å². The van der Waals surface area contributed by atoms with Crippen molar-refractivity contribution in [2.45, 2.75) is 24.8 Å². The van der Waals surface area contributed by atoms with E-state index in [1.165, 1.54) is 0 Å². The van der Waals surface area contributed by atoms with Crippen molar-refractivity contribution in [2.24, 2.45) is 0 Å². The van der Waals surface area contributed by atoms with Gasteiger partial charge in [0, 0.05) is 23.5 Å². The number of alkyl halides is 9. The number of aliphatic hydroxyl groups is 1. The van der Waals surface area contributed by atoms with Gasteiger partial charge >= 0.3 is 18.5 Å². The predicted molar refractivity (Wildman–Crippen MR) is 110 cm³/mol. The Balaban J connectivity index is 1.86. The average Bonchev–Trinajstić information content (AvgIpc) is 3.23. The second-order valence-corrected chi connectivity index (χ2v) is 7.56. The molecular formula is C21H12F9N5O2. The van der Waals surface area contributed by atoms with Gasteiger partial charge in [-0.15, -0.1) is 0 Å². The molecule has 1 aromatic carbocycles. The van der Waals surface area contributed by atoms with Crippen LogP contribution in [0.15, 0.2) is 53.7 Å². The van der Waals surface area contributed by atoms with Gasteiger partial charge in [0.2, 0.25) is 0 Å². The van der Waals surface area contributed by atoms with E-state index in [2.05, 4.69) is 15.4 Å². The van der Waals surface area contributed by atoms with Crippen LogP contribution in [0.25, 0.3) is 16.5 Å². The van der Waals surface area contributed by atoms with Crippen LogP contribution in [0.1, 0.15) is 28.7 Å². The number of pyridine rings is 2. The number of aliphatic hydroxyl groups excluding tert-OH is 1. The van der Waals surface area contributed by atoms with E-state index in [0.29, 0.717) is 24.4 Å². The molecule has 1 unspecified atom stereocenters. The largest absolute Gasteiger partial charge is 0.433 e. The maximum Gasteiger partial charge on any atom is 0.433 e. The standard InChI is InChI=1S/C21H12F9N5O2/c22-19(23,24)12-1-2-13(10-4-6-32-18(37)15(10)12)35-16(21(28,29)30)11(8-33-35)17(36)34-9-3-5-31-14(7-9)20(25,26)27/h1-8,17,36H,(H,31,34)(H,32,37). The summed E-state index contributed by atoms with van der Waals surface area (Å²) in [4.78, 5) is 17.3. The molecule has 16 heteroatoms. The molecule has 0 radical (unpaired) electrons. The number of nitrogens with one attached hydrogen (secondary N) is 2. The van der Waals surface area contributed by atoms with E-state index in [0.717, 1.165) is 24.5 Å². The Kier molecular flexibility index (Phi) is 6.18. The van der Waals surface area contributed by atoms with Crippen LogP contribution in [-0.2, 0) is 18.5 Å². The molecule has 0 aliphatic heterocycles. The van der Waals surface area contributed by atoms with Crippen LogP contribution in [0.3, 0.4) is 0 Å². The van der Waals surface area contributed by atoms with E-state index in [-0.39, 0.29) is 4.68 Å². The zero-order valence-corrected chi connectivity index (χ0v) is 17.8. The number of H-pyrrole nitrogens is 1. The minimum Gasteiger partial charge on any atom is -0.369 e. The fourth-order valence-electron chi connectivity index (χ4n) is 3.65. The highest BCUT2D eigenvalue weighted by Crippen LogP contribution is 2.40. The normalized spacial score (nSPS) is 13.7. The first kappa shape index (κ1) is 26.0. The van der Waals surface area contributed by atoms with Gasteiger partial charge in [-0.25, -0.2) is 4.68 Å². The molecular weight excluding hydrogens is 525 g/mol. The van der Waals surface area contributed by atoms with Crippen LogP contribution in [-0.4, -0.2) is 24.9 Å². The minimum atomic E-state index is -5.25. The van der Waals surface area contributed by atoms with E-state index in [4.69, 9.17) is 0 Å². The maximum atomic E-state index is 14.1. The maximum absolute atomic E-state index is 14.1. The van der Waals surface area contributed by atoms with Gasteiger partial charge in [-0.3, -0.25) is 9.78 Å². The Morgan fingerprint density at radius 3 is 2.27 bits per heavy atom. The summed E-state index contributed by atoms with van der Waals surface area (Å²) in [6.07, 6.45) is -15.2. The Hall–Kier alpha value is -4.08. The first-order chi connectivity index (χ1) is 17.1. The summed E-state index contributed by atoms with van der Waals surface area (Å²) >= 11 is 0. The number of aromatic nitrogens is 4. The molecule has 0 amide bonds. The number of anilines is 1. The van der Waals surface area contributed by atoms with Crippen LogP contribution in [0.5, 0.6) is 0 Å². The molecule has 0 aliphatic carbocycles. The van der Waals surface area contributed by atoms with Crippen LogP contribution in [0, 0.1) is 0 Å². The van der Waals surface area contributed by atoms with Crippen molar-refractivity contribution in [1.29, 1.82) is 0 Å². The number of fused-ring (bicyclic) bond motifs is 1. The number of hydrogen-bond acceptors (Lipinski definition) is 5. The quantitative estimate of drug-likeness (QED) is 0.244. The molecule has 0 bridgehead atoms. The van der Waals surface area contributed by atoms with Crippen molar-refractivity contribution < 1.29 is 44.6 Å². The molecule has 4 rings (SSSR count). The van der Waals surface area contributed by atoms with Gasteiger partial charge in [0.25, 0.3) is 5.56 Å². The molecule has 7 nitrogen and oxygen atoms in total. The summed E-state index contributed by atoms with van der Waals surface area (Å²) in [5.74, 6) is 0. The Morgan fingerprint density at radius 2 is 1.65 bits per heavy atom. The number of nitrogens with zero attached hydrogens (tertiary/aromatic N) is 3. The van der Waals surface area contributed by atoms with Gasteiger partial charge in [-0.1, -0.05) is 0 Å². The zero-order chi connectivity index (χ0) is 27.3. The zero-order valence-electron chi connectivity index (χ0n) is 17.8. The number of rotatable bonds is 4. The molecule has 196 valence electrons. The van der Waals surface area contributed by atoms with Crippen LogP contribution in [0.4, 0.5) is 45.2 Å². The van der Waals surface area contributed by atoms with Gasteiger partial charge in [-0.2, -0.15) is 44.6 Å². The number of halogens is 9. The lowest BCUT2D eigenvalue weighted by Gasteiger charge is -2.19. The van der Waals surface area contributed by atoms with E-state index >= 15 is 0 Å². The Bertz CT molecular complexity index is 1520. The SMILES string of the molecule is O=c1[nH]ccc2c(-n3ncc(C(O)Nc4ccnc(C(F)(F)F)c4)c3C(F)(F)F)ccc(C(F)(F)F)c12. The van der Waals surface area contributed by atoms with Gasteiger partial charge < -0.3 is 15.4 Å². The molecule has 0 saturated carbocycles. The summed E-state index contributed by atoms with van der Waals surface area (Å²) < 4.78 is 121. The van der Waals surface area contributed by atoms with Crippen LogP contribution >= 0.6 is 0 Å². The lowest BCUT2D eigenvalue weighted by Crippen LogP contribution is -2.21. The highest BCUT2D eigenvalue weighted by Gasteiger charge is 2.41. The molecule has 3 aromatic heterocycles. The summed E-state index contributed by atoms with van der Waals surface area (Å²) in [5.41, 5.74) is -7.57. The topological polar surface area (TPSA) is 95.8 Å². The smallest absolute Gasteiger partial charge is 0.369 e. The summed E-state index contributed by atoms with van der Waals surface area (Å²) in [6.45, 7) is 0. The third kappa shape index (κ3) is 4.96. The van der Waals surface area contributed by atoms with Crippen molar-refractivity contribution >= 4 is 16.5 Å². The summed E-state index contributed by atoms with van der Waals surface area (Å²) in [7, 11) is 0. The molecule has 4 aromatic rings. The first-order valence-corrected chi connectivity index (χ1v) is 9.94. The lowest BCUT2D eigenvalue weighted by atomic mass is 10.0. The molecule has 37 heavy (non-hydrogen) atoms. The summed E-state index contributed by atoms with van der Waals surface area (Å²) in [6, 6.07) is 3.46. The molecule has 0 fully saturated rings. The number of aromatic amines is 1. The van der Waals surface area contributed by atoms with Crippen LogP contribution in [0.2, 0.25) is 0 Å². The van der Waals surface area contributed by atoms with E-state index in [9.17, 15) is 49.4 Å². The molecule has 3 N–H and O–H groups in total. The first-order valence-electron chi connectivity index (χ1n) is 9.94. The van der Waals surface area contributed by atoms with Gasteiger partial charge in [0.15, 0.2) is 11.9 Å².